The number of anilines is 1. The molecule has 2 heterocycles. The van der Waals surface area contributed by atoms with E-state index in [2.05, 4.69) is 5.32 Å². The number of ether oxygens (including phenoxy) is 3. The number of benzene rings is 2. The lowest BCUT2D eigenvalue weighted by Crippen LogP contribution is -2.28. The normalized spacial score (nSPS) is 15.8. The lowest BCUT2D eigenvalue weighted by molar-refractivity contribution is -0.136. The van der Waals surface area contributed by atoms with Gasteiger partial charge in [0.25, 0.3) is 0 Å². The quantitative estimate of drug-likeness (QED) is 0.699. The van der Waals surface area contributed by atoms with Crippen LogP contribution < -0.4 is 14.8 Å². The molecule has 144 valence electrons. The number of carbonyl (C=O) groups is 1. The van der Waals surface area contributed by atoms with E-state index in [1.165, 1.54) is 7.11 Å². The van der Waals surface area contributed by atoms with Crippen LogP contribution in [0.2, 0.25) is 0 Å². The maximum atomic E-state index is 12.8. The SMILES string of the molecule is COC(=O)C1=C(C)Nc2nc3ccccc3n2[C@H]1c1cccc(OC)c1OC. The van der Waals surface area contributed by atoms with Crippen LogP contribution in [0.3, 0.4) is 0 Å². The summed E-state index contributed by atoms with van der Waals surface area (Å²) in [6.45, 7) is 1.84. The number of carbonyl (C=O) groups excluding carboxylic acids is 1. The van der Waals surface area contributed by atoms with Crippen molar-refractivity contribution >= 4 is 23.0 Å². The third kappa shape index (κ3) is 2.58. The average Bonchev–Trinajstić information content (AvgIpc) is 3.09. The zero-order valence-electron chi connectivity index (χ0n) is 16.1. The van der Waals surface area contributed by atoms with Gasteiger partial charge in [0, 0.05) is 11.3 Å². The highest BCUT2D eigenvalue weighted by atomic mass is 16.5. The van der Waals surface area contributed by atoms with Gasteiger partial charge in [-0.15, -0.1) is 0 Å². The van der Waals surface area contributed by atoms with Crippen LogP contribution in [-0.4, -0.2) is 36.8 Å². The molecule has 1 aromatic heterocycles. The molecule has 2 aromatic carbocycles. The van der Waals surface area contributed by atoms with Gasteiger partial charge in [0.2, 0.25) is 5.95 Å². The van der Waals surface area contributed by atoms with E-state index in [1.54, 1.807) is 14.2 Å². The highest BCUT2D eigenvalue weighted by Gasteiger charge is 2.36. The molecule has 0 amide bonds. The van der Waals surface area contributed by atoms with Crippen LogP contribution in [0.5, 0.6) is 11.5 Å². The van der Waals surface area contributed by atoms with E-state index in [4.69, 9.17) is 19.2 Å². The van der Waals surface area contributed by atoms with Crippen molar-refractivity contribution < 1.29 is 19.0 Å². The van der Waals surface area contributed by atoms with E-state index in [0.717, 1.165) is 16.6 Å². The van der Waals surface area contributed by atoms with E-state index >= 15 is 0 Å². The van der Waals surface area contributed by atoms with Gasteiger partial charge in [-0.1, -0.05) is 24.3 Å². The second-order valence-electron chi connectivity index (χ2n) is 6.43. The smallest absolute Gasteiger partial charge is 0.337 e. The van der Waals surface area contributed by atoms with Crippen molar-refractivity contribution in [1.29, 1.82) is 0 Å². The number of rotatable bonds is 4. The summed E-state index contributed by atoms with van der Waals surface area (Å²) < 4.78 is 18.2. The molecule has 1 N–H and O–H groups in total. The minimum absolute atomic E-state index is 0.414. The lowest BCUT2D eigenvalue weighted by atomic mass is 9.94. The number of esters is 1. The first-order valence-corrected chi connectivity index (χ1v) is 8.84. The van der Waals surface area contributed by atoms with Crippen LogP contribution in [-0.2, 0) is 9.53 Å². The molecule has 1 aliphatic rings. The second kappa shape index (κ2) is 6.92. The molecule has 28 heavy (non-hydrogen) atoms. The Morgan fingerprint density at radius 2 is 1.86 bits per heavy atom. The van der Waals surface area contributed by atoms with E-state index in [1.807, 2.05) is 54.0 Å². The molecule has 0 bridgehead atoms. The fraction of sp³-hybridized carbons (Fsp3) is 0.238. The first-order valence-electron chi connectivity index (χ1n) is 8.84. The van der Waals surface area contributed by atoms with Gasteiger partial charge < -0.3 is 19.5 Å². The van der Waals surface area contributed by atoms with Crippen LogP contribution in [0.1, 0.15) is 18.5 Å². The fourth-order valence-electron chi connectivity index (χ4n) is 3.76. The Morgan fingerprint density at radius 3 is 2.57 bits per heavy atom. The minimum atomic E-state index is -0.485. The zero-order valence-corrected chi connectivity index (χ0v) is 16.1. The van der Waals surface area contributed by atoms with E-state index in [9.17, 15) is 4.79 Å². The molecule has 0 saturated carbocycles. The maximum Gasteiger partial charge on any atom is 0.337 e. The Labute approximate surface area is 162 Å². The highest BCUT2D eigenvalue weighted by Crippen LogP contribution is 2.45. The number of allylic oxidation sites excluding steroid dienone is 1. The predicted molar refractivity (Wildman–Crippen MR) is 106 cm³/mol. The zero-order chi connectivity index (χ0) is 19.8. The molecular formula is C21H21N3O4. The summed E-state index contributed by atoms with van der Waals surface area (Å²) in [6, 6.07) is 12.9. The summed E-state index contributed by atoms with van der Waals surface area (Å²) in [5.74, 6) is 1.39. The molecule has 0 spiro atoms. The molecule has 0 unspecified atom stereocenters. The second-order valence-corrected chi connectivity index (χ2v) is 6.43. The summed E-state index contributed by atoms with van der Waals surface area (Å²) in [7, 11) is 4.55. The Bertz CT molecular complexity index is 1100. The lowest BCUT2D eigenvalue weighted by Gasteiger charge is -2.31. The van der Waals surface area contributed by atoms with Crippen LogP contribution in [0.4, 0.5) is 5.95 Å². The third-order valence-corrected chi connectivity index (χ3v) is 4.96. The molecule has 7 heteroatoms. The molecule has 1 atom stereocenters. The van der Waals surface area contributed by atoms with E-state index < -0.39 is 12.0 Å². The summed E-state index contributed by atoms with van der Waals surface area (Å²) >= 11 is 0. The monoisotopic (exact) mass is 379 g/mol. The van der Waals surface area contributed by atoms with E-state index in [-0.39, 0.29) is 0 Å². The topological polar surface area (TPSA) is 74.6 Å². The van der Waals surface area contributed by atoms with Gasteiger partial charge in [-0.25, -0.2) is 9.78 Å². The molecule has 0 aliphatic carbocycles. The molecule has 0 fully saturated rings. The van der Waals surface area contributed by atoms with Crippen LogP contribution in [0, 0.1) is 0 Å². The molecule has 1 aliphatic heterocycles. The first kappa shape index (κ1) is 17.9. The van der Waals surface area contributed by atoms with Crippen molar-refractivity contribution in [3.05, 3.63) is 59.3 Å². The van der Waals surface area contributed by atoms with Crippen molar-refractivity contribution in [2.45, 2.75) is 13.0 Å². The number of para-hydroxylation sites is 3. The fourth-order valence-corrected chi connectivity index (χ4v) is 3.76. The third-order valence-electron chi connectivity index (χ3n) is 4.96. The maximum absolute atomic E-state index is 12.8. The van der Waals surface area contributed by atoms with E-state index in [0.29, 0.717) is 28.7 Å². The van der Waals surface area contributed by atoms with Crippen molar-refractivity contribution in [3.8, 4) is 11.5 Å². The van der Waals surface area contributed by atoms with Gasteiger partial charge in [0.05, 0.1) is 44.0 Å². The molecule has 7 nitrogen and oxygen atoms in total. The number of imidazole rings is 1. The van der Waals surface area contributed by atoms with Crippen molar-refractivity contribution in [3.63, 3.8) is 0 Å². The highest BCUT2D eigenvalue weighted by molar-refractivity contribution is 5.94. The number of nitrogens with zero attached hydrogens (tertiary/aromatic N) is 2. The van der Waals surface area contributed by atoms with Gasteiger partial charge in [-0.05, 0) is 25.1 Å². The van der Waals surface area contributed by atoms with Gasteiger partial charge >= 0.3 is 5.97 Å². The van der Waals surface area contributed by atoms with Gasteiger partial charge in [-0.3, -0.25) is 4.57 Å². The van der Waals surface area contributed by atoms with Crippen molar-refractivity contribution in [2.75, 3.05) is 26.6 Å². The Hall–Kier alpha value is -3.48. The molecular weight excluding hydrogens is 358 g/mol. The first-order chi connectivity index (χ1) is 13.6. The number of methoxy groups -OCH3 is 3. The molecule has 4 rings (SSSR count). The predicted octanol–water partition coefficient (Wildman–Crippen LogP) is 3.52. The Balaban J connectivity index is 2.06. The van der Waals surface area contributed by atoms with Gasteiger partial charge in [0.15, 0.2) is 11.5 Å². The number of fused-ring (bicyclic) bond motifs is 3. The summed E-state index contributed by atoms with van der Waals surface area (Å²) in [5, 5.41) is 3.24. The van der Waals surface area contributed by atoms with Crippen LogP contribution in [0.15, 0.2) is 53.7 Å². The Morgan fingerprint density at radius 1 is 1.07 bits per heavy atom. The molecule has 3 aromatic rings. The Kier molecular flexibility index (Phi) is 4.43. The number of nitrogens with one attached hydrogen (secondary N) is 1. The molecule has 0 saturated heterocycles. The summed E-state index contributed by atoms with van der Waals surface area (Å²) in [6.07, 6.45) is 0. The van der Waals surface area contributed by atoms with Crippen molar-refractivity contribution in [1.82, 2.24) is 9.55 Å². The van der Waals surface area contributed by atoms with Crippen LogP contribution in [0.25, 0.3) is 11.0 Å². The largest absolute Gasteiger partial charge is 0.493 e. The van der Waals surface area contributed by atoms with Crippen LogP contribution >= 0.6 is 0 Å². The van der Waals surface area contributed by atoms with Gasteiger partial charge in [-0.2, -0.15) is 0 Å². The number of hydrogen-bond acceptors (Lipinski definition) is 6. The molecule has 0 radical (unpaired) electrons. The number of hydrogen-bond donors (Lipinski definition) is 1. The standard InChI is InChI=1S/C21H21N3O4/c1-12-17(20(25)28-4)18(13-8-7-11-16(26-2)19(13)27-3)24-15-10-6-5-9-14(15)23-21(24)22-12/h5-11,18H,1-4H3,(H,22,23)/t18-/m0/s1. The summed E-state index contributed by atoms with van der Waals surface area (Å²) in [5.41, 5.74) is 3.69. The minimum Gasteiger partial charge on any atom is -0.493 e. The van der Waals surface area contributed by atoms with Crippen molar-refractivity contribution in [2.24, 2.45) is 0 Å². The summed E-state index contributed by atoms with van der Waals surface area (Å²) in [4.78, 5) is 17.4. The van der Waals surface area contributed by atoms with Gasteiger partial charge in [0.1, 0.15) is 0 Å². The number of aromatic nitrogens is 2. The average molecular weight is 379 g/mol.